The van der Waals surface area contributed by atoms with Crippen LogP contribution in [0.3, 0.4) is 0 Å². The van der Waals surface area contributed by atoms with E-state index in [-0.39, 0.29) is 24.0 Å². The van der Waals surface area contributed by atoms with Gasteiger partial charge in [0.25, 0.3) is 0 Å². The van der Waals surface area contributed by atoms with Crippen molar-refractivity contribution in [1.82, 2.24) is 5.32 Å². The van der Waals surface area contributed by atoms with Crippen LogP contribution in [-0.4, -0.2) is 30.0 Å². The molecule has 8 heteroatoms. The summed E-state index contributed by atoms with van der Waals surface area (Å²) in [5.41, 5.74) is 4.25. The van der Waals surface area contributed by atoms with Crippen LogP contribution < -0.4 is 15.8 Å². The summed E-state index contributed by atoms with van der Waals surface area (Å²) >= 11 is 5.83. The van der Waals surface area contributed by atoms with Gasteiger partial charge in [-0.15, -0.1) is 0 Å². The molecule has 2 rings (SSSR count). The molecule has 1 fully saturated rings. The molecule has 1 saturated carbocycles. The van der Waals surface area contributed by atoms with Crippen LogP contribution in [0.25, 0.3) is 0 Å². The van der Waals surface area contributed by atoms with E-state index in [4.69, 9.17) is 22.1 Å². The van der Waals surface area contributed by atoms with Crippen LogP contribution >= 0.6 is 11.6 Å². The lowest BCUT2D eigenvalue weighted by molar-refractivity contribution is -0.385. The van der Waals surface area contributed by atoms with Crippen LogP contribution in [0.5, 0.6) is 5.75 Å². The number of nitrogens with one attached hydrogen (secondary N) is 1. The number of hydrogen-bond acceptors (Lipinski definition) is 5. The molecule has 1 unspecified atom stereocenters. The van der Waals surface area contributed by atoms with Crippen LogP contribution in [-0.2, 0) is 4.79 Å². The fourth-order valence-corrected chi connectivity index (χ4v) is 2.47. The Morgan fingerprint density at radius 3 is 2.76 bits per heavy atom. The van der Waals surface area contributed by atoms with Crippen molar-refractivity contribution in [2.75, 3.05) is 13.7 Å². The van der Waals surface area contributed by atoms with E-state index in [1.54, 1.807) is 7.05 Å². The Kier molecular flexibility index (Phi) is 4.34. The molecule has 1 aromatic carbocycles. The molecule has 1 amide bonds. The summed E-state index contributed by atoms with van der Waals surface area (Å²) in [5, 5.41) is 14.2. The third-order valence-corrected chi connectivity index (χ3v) is 3.97. The molecule has 0 radical (unpaired) electrons. The lowest BCUT2D eigenvalue weighted by atomic mass is 9.93. The molecule has 21 heavy (non-hydrogen) atoms. The number of hydrogen-bond donors (Lipinski definition) is 2. The highest BCUT2D eigenvalue weighted by Gasteiger charge is 2.49. The molecule has 0 bridgehead atoms. The van der Waals surface area contributed by atoms with Crippen LogP contribution in [0.1, 0.15) is 12.8 Å². The van der Waals surface area contributed by atoms with Crippen LogP contribution in [0.15, 0.2) is 18.2 Å². The van der Waals surface area contributed by atoms with Crippen molar-refractivity contribution in [1.29, 1.82) is 0 Å². The molecule has 0 aromatic heterocycles. The average molecular weight is 314 g/mol. The molecular formula is C13H16ClN3O4. The van der Waals surface area contributed by atoms with Crippen molar-refractivity contribution < 1.29 is 14.5 Å². The summed E-state index contributed by atoms with van der Waals surface area (Å²) in [6.07, 6.45) is 1.73. The number of carbonyl (C=O) groups is 1. The molecule has 0 spiro atoms. The molecule has 3 N–H and O–H groups in total. The van der Waals surface area contributed by atoms with Gasteiger partial charge < -0.3 is 15.8 Å². The summed E-state index contributed by atoms with van der Waals surface area (Å²) < 4.78 is 5.51. The van der Waals surface area contributed by atoms with E-state index in [1.807, 2.05) is 0 Å². The van der Waals surface area contributed by atoms with E-state index in [0.29, 0.717) is 5.02 Å². The highest BCUT2D eigenvalue weighted by molar-refractivity contribution is 6.30. The number of halogens is 1. The van der Waals surface area contributed by atoms with Gasteiger partial charge in [-0.3, -0.25) is 14.9 Å². The van der Waals surface area contributed by atoms with Crippen LogP contribution in [0, 0.1) is 16.0 Å². The Morgan fingerprint density at radius 2 is 2.29 bits per heavy atom. The third kappa shape index (κ3) is 3.08. The largest absolute Gasteiger partial charge is 0.484 e. The molecule has 1 aromatic rings. The van der Waals surface area contributed by atoms with Crippen molar-refractivity contribution in [3.8, 4) is 5.75 Å². The maximum Gasteiger partial charge on any atom is 0.311 e. The number of rotatable bonds is 7. The first kappa shape index (κ1) is 15.5. The summed E-state index contributed by atoms with van der Waals surface area (Å²) in [6.45, 7) is -0.0787. The van der Waals surface area contributed by atoms with Gasteiger partial charge in [0, 0.05) is 17.2 Å². The van der Waals surface area contributed by atoms with E-state index in [9.17, 15) is 14.9 Å². The molecule has 1 aliphatic carbocycles. The molecule has 114 valence electrons. The quantitative estimate of drug-likeness (QED) is 0.585. The molecular weight excluding hydrogens is 298 g/mol. The number of nitrogens with two attached hydrogens (primary N) is 1. The van der Waals surface area contributed by atoms with Gasteiger partial charge in [-0.05, 0) is 31.9 Å². The third-order valence-electron chi connectivity index (χ3n) is 3.73. The second kappa shape index (κ2) is 5.87. The van der Waals surface area contributed by atoms with E-state index in [2.05, 4.69) is 5.32 Å². The number of likely N-dealkylation sites (N-methyl/N-ethyl adjacent to an activating group) is 1. The van der Waals surface area contributed by atoms with Gasteiger partial charge >= 0.3 is 5.69 Å². The second-order valence-corrected chi connectivity index (χ2v) is 5.45. The first-order chi connectivity index (χ1) is 9.90. The maximum absolute atomic E-state index is 11.8. The summed E-state index contributed by atoms with van der Waals surface area (Å²) in [6, 6.07) is 4.03. The molecule has 0 aliphatic heterocycles. The van der Waals surface area contributed by atoms with E-state index < -0.39 is 16.4 Å². The van der Waals surface area contributed by atoms with Gasteiger partial charge in [0.1, 0.15) is 12.1 Å². The zero-order valence-corrected chi connectivity index (χ0v) is 12.2. The minimum atomic E-state index is -1.02. The van der Waals surface area contributed by atoms with E-state index >= 15 is 0 Å². The normalized spacial score (nSPS) is 17.0. The van der Waals surface area contributed by atoms with Gasteiger partial charge in [-0.1, -0.05) is 11.6 Å². The maximum atomic E-state index is 11.8. The van der Waals surface area contributed by atoms with E-state index in [0.717, 1.165) is 12.8 Å². The predicted molar refractivity (Wildman–Crippen MR) is 77.3 cm³/mol. The average Bonchev–Trinajstić information content (AvgIpc) is 3.24. The lowest BCUT2D eigenvalue weighted by Gasteiger charge is -2.30. The summed E-state index contributed by atoms with van der Waals surface area (Å²) in [4.78, 5) is 22.2. The molecule has 1 aliphatic rings. The van der Waals surface area contributed by atoms with Gasteiger partial charge in [-0.2, -0.15) is 0 Å². The van der Waals surface area contributed by atoms with Gasteiger partial charge in [-0.25, -0.2) is 0 Å². The number of nitro benzene ring substituents is 1. The number of primary amides is 1. The van der Waals surface area contributed by atoms with Crippen molar-refractivity contribution in [2.45, 2.75) is 18.4 Å². The Labute approximate surface area is 126 Å². The zero-order valence-electron chi connectivity index (χ0n) is 11.5. The van der Waals surface area contributed by atoms with Crippen molar-refractivity contribution in [3.05, 3.63) is 33.3 Å². The SMILES string of the molecule is CNC(COc1cc(Cl)ccc1[N+](=O)[O-])(C(N)=O)C1CC1. The Bertz CT molecular complexity index is 577. The van der Waals surface area contributed by atoms with Crippen molar-refractivity contribution >= 4 is 23.2 Å². The molecule has 1 atom stereocenters. The zero-order chi connectivity index (χ0) is 15.6. The Hall–Kier alpha value is -1.86. The summed E-state index contributed by atoms with van der Waals surface area (Å²) in [7, 11) is 1.62. The Morgan fingerprint density at radius 1 is 1.62 bits per heavy atom. The fraction of sp³-hybridized carbons (Fsp3) is 0.462. The number of nitrogens with zero attached hydrogens (tertiary/aromatic N) is 1. The van der Waals surface area contributed by atoms with Crippen molar-refractivity contribution in [2.24, 2.45) is 11.7 Å². The number of nitro groups is 1. The van der Waals surface area contributed by atoms with Crippen LogP contribution in [0.2, 0.25) is 5.02 Å². The highest BCUT2D eigenvalue weighted by atomic mass is 35.5. The van der Waals surface area contributed by atoms with Crippen molar-refractivity contribution in [3.63, 3.8) is 0 Å². The van der Waals surface area contributed by atoms with Crippen LogP contribution in [0.4, 0.5) is 5.69 Å². The second-order valence-electron chi connectivity index (χ2n) is 5.02. The number of benzene rings is 1. The summed E-state index contributed by atoms with van der Waals surface area (Å²) in [5.74, 6) is -0.426. The monoisotopic (exact) mass is 313 g/mol. The minimum absolute atomic E-state index is 0.0222. The Balaban J connectivity index is 2.23. The highest BCUT2D eigenvalue weighted by Crippen LogP contribution is 2.40. The first-order valence-electron chi connectivity index (χ1n) is 6.46. The van der Waals surface area contributed by atoms with Gasteiger partial charge in [0.15, 0.2) is 5.75 Å². The van der Waals surface area contributed by atoms with Gasteiger partial charge in [0.2, 0.25) is 5.91 Å². The smallest absolute Gasteiger partial charge is 0.311 e. The van der Waals surface area contributed by atoms with E-state index in [1.165, 1.54) is 18.2 Å². The number of carbonyl (C=O) groups excluding carboxylic acids is 1. The molecule has 0 heterocycles. The molecule has 0 saturated heterocycles. The number of ether oxygens (including phenoxy) is 1. The fourth-order valence-electron chi connectivity index (χ4n) is 2.31. The minimum Gasteiger partial charge on any atom is -0.484 e. The standard InChI is InChI=1S/C13H16ClN3O4/c1-16-13(12(15)18,8-2-3-8)7-21-11-6-9(14)4-5-10(11)17(19)20/h4-6,8,16H,2-3,7H2,1H3,(H2,15,18). The molecule has 7 nitrogen and oxygen atoms in total. The van der Waals surface area contributed by atoms with Gasteiger partial charge in [0.05, 0.1) is 4.92 Å². The predicted octanol–water partition coefficient (Wildman–Crippen LogP) is 1.48. The first-order valence-corrected chi connectivity index (χ1v) is 6.84. The lowest BCUT2D eigenvalue weighted by Crippen LogP contribution is -2.59. The topological polar surface area (TPSA) is 107 Å². The number of amides is 1.